The molecule has 126 valence electrons. The van der Waals surface area contributed by atoms with Gasteiger partial charge in [0.05, 0.1) is 12.2 Å². The van der Waals surface area contributed by atoms with Crippen LogP contribution in [0.1, 0.15) is 42.2 Å². The van der Waals surface area contributed by atoms with Crippen molar-refractivity contribution in [2.24, 2.45) is 5.92 Å². The summed E-state index contributed by atoms with van der Waals surface area (Å²) in [5.74, 6) is 5.36. The fourth-order valence-corrected chi connectivity index (χ4v) is 3.81. The molecule has 24 heavy (non-hydrogen) atoms. The Morgan fingerprint density at radius 3 is 2.75 bits per heavy atom. The van der Waals surface area contributed by atoms with Crippen molar-refractivity contribution < 1.29 is 8.83 Å². The van der Waals surface area contributed by atoms with Gasteiger partial charge in [-0.1, -0.05) is 6.92 Å². The van der Waals surface area contributed by atoms with E-state index in [-0.39, 0.29) is 0 Å². The molecule has 0 N–H and O–H groups in total. The molecule has 0 bridgehead atoms. The zero-order chi connectivity index (χ0) is 16.7. The van der Waals surface area contributed by atoms with Crippen molar-refractivity contribution in [1.82, 2.24) is 9.88 Å². The van der Waals surface area contributed by atoms with Crippen LogP contribution in [0.2, 0.25) is 0 Å². The summed E-state index contributed by atoms with van der Waals surface area (Å²) in [6.45, 7) is 5.82. The van der Waals surface area contributed by atoms with Crippen LogP contribution in [0.5, 0.6) is 0 Å². The molecule has 3 aromatic heterocycles. The molecule has 0 amide bonds. The van der Waals surface area contributed by atoms with E-state index in [0.29, 0.717) is 5.92 Å². The van der Waals surface area contributed by atoms with Gasteiger partial charge in [0.15, 0.2) is 10.8 Å². The second kappa shape index (κ2) is 6.22. The van der Waals surface area contributed by atoms with Crippen LogP contribution in [0.4, 0.5) is 0 Å². The zero-order valence-electron chi connectivity index (χ0n) is 14.3. The Morgan fingerprint density at radius 1 is 1.21 bits per heavy atom. The SMILES string of the molecule is Cc1ccc(-c2nc(CN(C)Cc3ccc([C@@H]4C[C@H]4C)o3)cs2)o1. The van der Waals surface area contributed by atoms with Crippen molar-refractivity contribution in [2.75, 3.05) is 7.05 Å². The first-order valence-electron chi connectivity index (χ1n) is 8.37. The molecule has 3 aromatic rings. The first-order valence-corrected chi connectivity index (χ1v) is 9.25. The summed E-state index contributed by atoms with van der Waals surface area (Å²) in [5, 5.41) is 3.04. The molecule has 5 heteroatoms. The standard InChI is InChI=1S/C19H22N2O2S/c1-12-8-16(12)17-7-5-15(23-17)10-21(3)9-14-11-24-19(20-14)18-6-4-13(2)22-18/h4-7,11-12,16H,8-10H2,1-3H3/t12-,16-/m1/s1. The molecular formula is C19H22N2O2S. The summed E-state index contributed by atoms with van der Waals surface area (Å²) in [4.78, 5) is 6.91. The highest BCUT2D eigenvalue weighted by Gasteiger charge is 2.36. The van der Waals surface area contributed by atoms with Crippen molar-refractivity contribution in [1.29, 1.82) is 0 Å². The third-order valence-electron chi connectivity index (χ3n) is 4.52. The molecule has 2 atom stereocenters. The van der Waals surface area contributed by atoms with Crippen LogP contribution >= 0.6 is 11.3 Å². The lowest BCUT2D eigenvalue weighted by molar-refractivity contribution is 0.281. The Kier molecular flexibility index (Phi) is 4.06. The first-order chi connectivity index (χ1) is 11.6. The van der Waals surface area contributed by atoms with E-state index in [2.05, 4.69) is 41.4 Å². The predicted molar refractivity (Wildman–Crippen MR) is 95.0 cm³/mol. The van der Waals surface area contributed by atoms with Crippen LogP contribution in [0.15, 0.2) is 38.5 Å². The van der Waals surface area contributed by atoms with Gasteiger partial charge < -0.3 is 8.83 Å². The number of hydrogen-bond donors (Lipinski definition) is 0. The van der Waals surface area contributed by atoms with Gasteiger partial charge in [0.1, 0.15) is 17.3 Å². The maximum absolute atomic E-state index is 5.99. The van der Waals surface area contributed by atoms with Crippen molar-refractivity contribution in [2.45, 2.75) is 39.3 Å². The van der Waals surface area contributed by atoms with E-state index in [1.54, 1.807) is 11.3 Å². The zero-order valence-corrected chi connectivity index (χ0v) is 15.1. The summed E-state index contributed by atoms with van der Waals surface area (Å²) < 4.78 is 11.6. The number of rotatable bonds is 6. The Morgan fingerprint density at radius 2 is 2.04 bits per heavy atom. The maximum Gasteiger partial charge on any atom is 0.162 e. The van der Waals surface area contributed by atoms with Gasteiger partial charge in [-0.15, -0.1) is 11.3 Å². The number of aryl methyl sites for hydroxylation is 1. The van der Waals surface area contributed by atoms with Crippen LogP contribution in [-0.2, 0) is 13.1 Å². The minimum absolute atomic E-state index is 0.641. The molecule has 0 aromatic carbocycles. The van der Waals surface area contributed by atoms with Crippen molar-refractivity contribution in [3.8, 4) is 10.8 Å². The average Bonchev–Trinajstić information content (AvgIpc) is 2.97. The molecule has 3 heterocycles. The Bertz CT molecular complexity index is 832. The normalized spacial score (nSPS) is 20.0. The third kappa shape index (κ3) is 3.32. The third-order valence-corrected chi connectivity index (χ3v) is 5.42. The molecule has 0 spiro atoms. The molecule has 1 aliphatic rings. The van der Waals surface area contributed by atoms with E-state index in [9.17, 15) is 0 Å². The number of nitrogens with zero attached hydrogens (tertiary/aromatic N) is 2. The summed E-state index contributed by atoms with van der Waals surface area (Å²) in [6, 6.07) is 8.19. The molecule has 0 aliphatic heterocycles. The molecule has 4 rings (SSSR count). The van der Waals surface area contributed by atoms with Crippen LogP contribution in [0.3, 0.4) is 0 Å². The smallest absolute Gasteiger partial charge is 0.162 e. The van der Waals surface area contributed by atoms with Gasteiger partial charge in [-0.05, 0) is 50.6 Å². The van der Waals surface area contributed by atoms with E-state index in [0.717, 1.165) is 52.7 Å². The van der Waals surface area contributed by atoms with Gasteiger partial charge in [0, 0.05) is 17.8 Å². The molecule has 4 nitrogen and oxygen atoms in total. The highest BCUT2D eigenvalue weighted by molar-refractivity contribution is 7.13. The van der Waals surface area contributed by atoms with Crippen LogP contribution in [0, 0.1) is 12.8 Å². The number of thiazole rings is 1. The summed E-state index contributed by atoms with van der Waals surface area (Å²) in [7, 11) is 2.10. The van der Waals surface area contributed by atoms with Crippen molar-refractivity contribution in [3.05, 3.63) is 52.6 Å². The molecule has 0 saturated heterocycles. The fraction of sp³-hybridized carbons (Fsp3) is 0.421. The monoisotopic (exact) mass is 342 g/mol. The van der Waals surface area contributed by atoms with E-state index in [1.807, 2.05) is 19.1 Å². The Labute approximate surface area is 146 Å². The molecule has 0 radical (unpaired) electrons. The van der Waals surface area contributed by atoms with Crippen molar-refractivity contribution in [3.63, 3.8) is 0 Å². The lowest BCUT2D eigenvalue weighted by atomic mass is 10.3. The number of furan rings is 2. The minimum Gasteiger partial charge on any atom is -0.464 e. The highest BCUT2D eigenvalue weighted by Crippen LogP contribution is 2.47. The Balaban J connectivity index is 1.36. The van der Waals surface area contributed by atoms with E-state index in [4.69, 9.17) is 8.83 Å². The predicted octanol–water partition coefficient (Wildman–Crippen LogP) is 5.06. The quantitative estimate of drug-likeness (QED) is 0.628. The summed E-state index contributed by atoms with van der Waals surface area (Å²) in [6.07, 6.45) is 1.26. The average molecular weight is 342 g/mol. The molecular weight excluding hydrogens is 320 g/mol. The summed E-state index contributed by atoms with van der Waals surface area (Å²) >= 11 is 1.63. The van der Waals surface area contributed by atoms with E-state index >= 15 is 0 Å². The molecule has 1 aliphatic carbocycles. The number of hydrogen-bond acceptors (Lipinski definition) is 5. The number of aromatic nitrogens is 1. The molecule has 0 unspecified atom stereocenters. The van der Waals surface area contributed by atoms with Gasteiger partial charge in [0.25, 0.3) is 0 Å². The first kappa shape index (κ1) is 15.7. The van der Waals surface area contributed by atoms with Crippen LogP contribution < -0.4 is 0 Å². The topological polar surface area (TPSA) is 42.4 Å². The van der Waals surface area contributed by atoms with Gasteiger partial charge >= 0.3 is 0 Å². The maximum atomic E-state index is 5.99. The molecule has 1 saturated carbocycles. The lowest BCUT2D eigenvalue weighted by Crippen LogP contribution is -2.17. The van der Waals surface area contributed by atoms with Gasteiger partial charge in [-0.25, -0.2) is 4.98 Å². The van der Waals surface area contributed by atoms with Crippen LogP contribution in [-0.4, -0.2) is 16.9 Å². The second-order valence-corrected chi connectivity index (χ2v) is 7.71. The van der Waals surface area contributed by atoms with Crippen molar-refractivity contribution >= 4 is 11.3 Å². The van der Waals surface area contributed by atoms with E-state index in [1.165, 1.54) is 6.42 Å². The van der Waals surface area contributed by atoms with Gasteiger partial charge in [0.2, 0.25) is 0 Å². The van der Waals surface area contributed by atoms with Gasteiger partial charge in [-0.3, -0.25) is 4.90 Å². The fourth-order valence-electron chi connectivity index (χ4n) is 3.04. The van der Waals surface area contributed by atoms with Crippen LogP contribution in [0.25, 0.3) is 10.8 Å². The second-order valence-electron chi connectivity index (χ2n) is 6.85. The van der Waals surface area contributed by atoms with E-state index < -0.39 is 0 Å². The summed E-state index contributed by atoms with van der Waals surface area (Å²) in [5.41, 5.74) is 1.06. The lowest BCUT2D eigenvalue weighted by Gasteiger charge is -2.13. The minimum atomic E-state index is 0.641. The largest absolute Gasteiger partial charge is 0.464 e. The van der Waals surface area contributed by atoms with Gasteiger partial charge in [-0.2, -0.15) is 0 Å². The highest BCUT2D eigenvalue weighted by atomic mass is 32.1. The Hall–Kier alpha value is -1.85. The molecule has 1 fully saturated rings.